The van der Waals surface area contributed by atoms with Crippen molar-refractivity contribution in [1.29, 1.82) is 0 Å². The van der Waals surface area contributed by atoms with Crippen LogP contribution in [0.3, 0.4) is 0 Å². The third-order valence-corrected chi connectivity index (χ3v) is 4.29. The molecule has 1 N–H and O–H groups in total. The van der Waals surface area contributed by atoms with Crippen molar-refractivity contribution >= 4 is 17.1 Å². The average molecular weight is 288 g/mol. The van der Waals surface area contributed by atoms with Gasteiger partial charge in [-0.25, -0.2) is 0 Å². The van der Waals surface area contributed by atoms with Crippen molar-refractivity contribution < 1.29 is 9.90 Å². The summed E-state index contributed by atoms with van der Waals surface area (Å²) in [5.41, 5.74) is 2.35. The molecule has 2 aromatic rings. The van der Waals surface area contributed by atoms with Crippen molar-refractivity contribution in [2.45, 2.75) is 39.5 Å². The Morgan fingerprint density at radius 3 is 2.05 bits per heavy atom. The molecule has 106 valence electrons. The summed E-state index contributed by atoms with van der Waals surface area (Å²) in [4.78, 5) is 13.2. The lowest BCUT2D eigenvalue weighted by Gasteiger charge is -2.17. The van der Waals surface area contributed by atoms with Gasteiger partial charge in [0.15, 0.2) is 0 Å². The highest BCUT2D eigenvalue weighted by Crippen LogP contribution is 2.35. The van der Waals surface area contributed by atoms with Crippen molar-refractivity contribution in [2.24, 2.45) is 0 Å². The van der Waals surface area contributed by atoms with Gasteiger partial charge in [-0.05, 0) is 46.5 Å². The molecule has 3 heteroatoms. The lowest BCUT2D eigenvalue weighted by molar-refractivity contribution is 0.104. The predicted molar refractivity (Wildman–Crippen MR) is 84.0 cm³/mol. The smallest absolute Gasteiger partial charge is 0.202 e. The molecular formula is C17H20O2S. The Balaban J connectivity index is 2.57. The average Bonchev–Trinajstić information content (AvgIpc) is 2.91. The highest BCUT2D eigenvalue weighted by Gasteiger charge is 2.19. The lowest BCUT2D eigenvalue weighted by Crippen LogP contribution is -2.04. The molecule has 0 bridgehead atoms. The molecule has 0 fully saturated rings. The van der Waals surface area contributed by atoms with Gasteiger partial charge in [0.25, 0.3) is 0 Å². The van der Waals surface area contributed by atoms with E-state index in [1.807, 2.05) is 57.3 Å². The summed E-state index contributed by atoms with van der Waals surface area (Å²) >= 11 is 1.45. The van der Waals surface area contributed by atoms with Gasteiger partial charge in [0.1, 0.15) is 5.75 Å². The zero-order chi connectivity index (χ0) is 14.9. The number of carbonyl (C=O) groups is 1. The molecule has 0 spiro atoms. The molecule has 20 heavy (non-hydrogen) atoms. The van der Waals surface area contributed by atoms with Gasteiger partial charge in [0.2, 0.25) is 5.78 Å². The van der Waals surface area contributed by atoms with Crippen LogP contribution >= 0.6 is 11.3 Å². The van der Waals surface area contributed by atoms with Crippen LogP contribution in [0.1, 0.15) is 65.9 Å². The van der Waals surface area contributed by atoms with E-state index in [9.17, 15) is 9.90 Å². The Morgan fingerprint density at radius 2 is 1.65 bits per heavy atom. The zero-order valence-corrected chi connectivity index (χ0v) is 13.1. The van der Waals surface area contributed by atoms with Crippen LogP contribution in [0.2, 0.25) is 0 Å². The van der Waals surface area contributed by atoms with Crippen LogP contribution in [0, 0.1) is 0 Å². The molecule has 1 aromatic carbocycles. The minimum Gasteiger partial charge on any atom is -0.507 e. The highest BCUT2D eigenvalue weighted by atomic mass is 32.1. The number of hydrogen-bond acceptors (Lipinski definition) is 3. The van der Waals surface area contributed by atoms with Crippen LogP contribution in [0.15, 0.2) is 29.6 Å². The van der Waals surface area contributed by atoms with Crippen molar-refractivity contribution in [3.63, 3.8) is 0 Å². The molecule has 0 saturated carbocycles. The maximum Gasteiger partial charge on any atom is 0.202 e. The fraction of sp³-hybridized carbons (Fsp3) is 0.353. The van der Waals surface area contributed by atoms with E-state index in [4.69, 9.17) is 0 Å². The van der Waals surface area contributed by atoms with E-state index in [0.29, 0.717) is 11.3 Å². The first-order valence-electron chi connectivity index (χ1n) is 6.86. The molecule has 0 aliphatic carbocycles. The van der Waals surface area contributed by atoms with E-state index >= 15 is 0 Å². The SMILES string of the molecule is CC(C)c1cc(C(=O)c2cccs2)cc(C(C)C)c1O. The van der Waals surface area contributed by atoms with Crippen molar-refractivity contribution in [3.05, 3.63) is 51.2 Å². The van der Waals surface area contributed by atoms with Crippen LogP contribution in [-0.4, -0.2) is 10.9 Å². The number of phenolic OH excluding ortho intramolecular Hbond substituents is 1. The summed E-state index contributed by atoms with van der Waals surface area (Å²) in [7, 11) is 0. The molecule has 1 heterocycles. The number of thiophene rings is 1. The monoisotopic (exact) mass is 288 g/mol. The van der Waals surface area contributed by atoms with Gasteiger partial charge in [-0.2, -0.15) is 0 Å². The Morgan fingerprint density at radius 1 is 1.10 bits per heavy atom. The van der Waals surface area contributed by atoms with Gasteiger partial charge < -0.3 is 5.11 Å². The minimum atomic E-state index is 0.0313. The first-order valence-corrected chi connectivity index (χ1v) is 7.74. The first kappa shape index (κ1) is 14.8. The molecule has 2 nitrogen and oxygen atoms in total. The van der Waals surface area contributed by atoms with Gasteiger partial charge in [-0.15, -0.1) is 11.3 Å². The second-order valence-corrected chi connectivity index (χ2v) is 6.57. The maximum absolute atomic E-state index is 12.5. The number of phenols is 1. The molecule has 0 saturated heterocycles. The fourth-order valence-electron chi connectivity index (χ4n) is 2.24. The van der Waals surface area contributed by atoms with E-state index < -0.39 is 0 Å². The molecule has 0 unspecified atom stereocenters. The van der Waals surface area contributed by atoms with E-state index in [1.54, 1.807) is 0 Å². The number of hydrogen-bond donors (Lipinski definition) is 1. The summed E-state index contributed by atoms with van der Waals surface area (Å²) in [5.74, 6) is 0.730. The summed E-state index contributed by atoms with van der Waals surface area (Å²) in [6.45, 7) is 8.11. The van der Waals surface area contributed by atoms with E-state index in [1.165, 1.54) is 11.3 Å². The summed E-state index contributed by atoms with van der Waals surface area (Å²) in [6, 6.07) is 7.37. The topological polar surface area (TPSA) is 37.3 Å². The predicted octanol–water partition coefficient (Wildman–Crippen LogP) is 4.93. The fourth-order valence-corrected chi connectivity index (χ4v) is 2.93. The van der Waals surface area contributed by atoms with Gasteiger partial charge in [-0.1, -0.05) is 33.8 Å². The van der Waals surface area contributed by atoms with Crippen LogP contribution < -0.4 is 0 Å². The number of benzene rings is 1. The quantitative estimate of drug-likeness (QED) is 0.810. The summed E-state index contributed by atoms with van der Waals surface area (Å²) < 4.78 is 0. The van der Waals surface area contributed by atoms with E-state index in [0.717, 1.165) is 16.0 Å². The Labute approximate surface area is 124 Å². The van der Waals surface area contributed by atoms with Crippen LogP contribution in [0.25, 0.3) is 0 Å². The molecule has 0 aliphatic rings. The Bertz CT molecular complexity index is 581. The highest BCUT2D eigenvalue weighted by molar-refractivity contribution is 7.12. The largest absolute Gasteiger partial charge is 0.507 e. The van der Waals surface area contributed by atoms with Crippen molar-refractivity contribution in [2.75, 3.05) is 0 Å². The number of rotatable bonds is 4. The standard InChI is InChI=1S/C17H20O2S/c1-10(2)13-8-12(9-14(11(3)4)17(13)19)16(18)15-6-5-7-20-15/h5-11,19H,1-4H3. The normalized spacial score (nSPS) is 11.3. The van der Waals surface area contributed by atoms with Gasteiger partial charge in [-0.3, -0.25) is 4.79 Å². The number of ketones is 1. The van der Waals surface area contributed by atoms with E-state index in [-0.39, 0.29) is 17.6 Å². The first-order chi connectivity index (χ1) is 9.41. The van der Waals surface area contributed by atoms with Gasteiger partial charge in [0, 0.05) is 5.56 Å². The molecule has 0 radical (unpaired) electrons. The van der Waals surface area contributed by atoms with Gasteiger partial charge >= 0.3 is 0 Å². The maximum atomic E-state index is 12.5. The second kappa shape index (κ2) is 5.80. The van der Waals surface area contributed by atoms with Crippen LogP contribution in [-0.2, 0) is 0 Å². The molecule has 2 rings (SSSR count). The lowest BCUT2D eigenvalue weighted by atomic mass is 9.90. The van der Waals surface area contributed by atoms with Crippen molar-refractivity contribution in [1.82, 2.24) is 0 Å². The Hall–Kier alpha value is -1.61. The number of aromatic hydroxyl groups is 1. The zero-order valence-electron chi connectivity index (χ0n) is 12.3. The second-order valence-electron chi connectivity index (χ2n) is 5.62. The summed E-state index contributed by atoms with van der Waals surface area (Å²) in [5, 5.41) is 12.3. The van der Waals surface area contributed by atoms with Crippen molar-refractivity contribution in [3.8, 4) is 5.75 Å². The van der Waals surface area contributed by atoms with Crippen LogP contribution in [0.4, 0.5) is 0 Å². The third-order valence-electron chi connectivity index (χ3n) is 3.42. The molecule has 1 aromatic heterocycles. The third kappa shape index (κ3) is 2.78. The molecule has 0 amide bonds. The summed E-state index contributed by atoms with van der Waals surface area (Å²) in [6.07, 6.45) is 0. The molecule has 0 aliphatic heterocycles. The van der Waals surface area contributed by atoms with E-state index in [2.05, 4.69) is 0 Å². The Kier molecular flexibility index (Phi) is 4.29. The van der Waals surface area contributed by atoms with Crippen LogP contribution in [0.5, 0.6) is 5.75 Å². The van der Waals surface area contributed by atoms with Gasteiger partial charge in [0.05, 0.1) is 4.88 Å². The molecule has 0 atom stereocenters. The minimum absolute atomic E-state index is 0.0313. The number of carbonyl (C=O) groups excluding carboxylic acids is 1. The molecular weight excluding hydrogens is 268 g/mol.